The van der Waals surface area contributed by atoms with E-state index in [1.807, 2.05) is 0 Å². The molecule has 1 aliphatic heterocycles. The van der Waals surface area contributed by atoms with E-state index in [0.29, 0.717) is 17.8 Å². The third-order valence-corrected chi connectivity index (χ3v) is 5.62. The van der Waals surface area contributed by atoms with Gasteiger partial charge in [0.05, 0.1) is 6.04 Å². The highest BCUT2D eigenvalue weighted by atomic mass is 16.3. The second-order valence-electron chi connectivity index (χ2n) is 6.62. The van der Waals surface area contributed by atoms with Crippen LogP contribution >= 0.6 is 0 Å². The fraction of sp³-hybridized carbons (Fsp3) is 0.933. The maximum Gasteiger partial charge on any atom is 0.237 e. The maximum absolute atomic E-state index is 12.3. The van der Waals surface area contributed by atoms with Gasteiger partial charge in [-0.05, 0) is 55.9 Å². The number of fused-ring (bicyclic) bond motifs is 1. The minimum Gasteiger partial charge on any atom is -0.396 e. The fourth-order valence-corrected chi connectivity index (χ4v) is 4.44. The van der Waals surface area contributed by atoms with E-state index in [4.69, 9.17) is 0 Å². The molecule has 1 saturated heterocycles. The van der Waals surface area contributed by atoms with Gasteiger partial charge in [-0.15, -0.1) is 0 Å². The Labute approximate surface area is 115 Å². The molecule has 2 aliphatic carbocycles. The van der Waals surface area contributed by atoms with Gasteiger partial charge in [-0.3, -0.25) is 4.79 Å². The van der Waals surface area contributed by atoms with Crippen molar-refractivity contribution in [1.29, 1.82) is 0 Å². The number of carbonyl (C=O) groups excluding carboxylic acids is 1. The molecule has 5 unspecified atom stereocenters. The van der Waals surface area contributed by atoms with E-state index >= 15 is 0 Å². The largest absolute Gasteiger partial charge is 0.396 e. The Hall–Kier alpha value is -0.610. The highest BCUT2D eigenvalue weighted by Crippen LogP contribution is 2.37. The molecule has 5 atom stereocenters. The number of amides is 1. The van der Waals surface area contributed by atoms with Gasteiger partial charge in [0, 0.05) is 13.2 Å². The summed E-state index contributed by atoms with van der Waals surface area (Å²) in [6, 6.07) is 0.0430. The summed E-state index contributed by atoms with van der Waals surface area (Å²) < 4.78 is 0. The van der Waals surface area contributed by atoms with Gasteiger partial charge >= 0.3 is 0 Å². The summed E-state index contributed by atoms with van der Waals surface area (Å²) in [5, 5.41) is 15.8. The van der Waals surface area contributed by atoms with Gasteiger partial charge in [-0.1, -0.05) is 12.8 Å². The monoisotopic (exact) mass is 266 g/mol. The van der Waals surface area contributed by atoms with Crippen molar-refractivity contribution in [1.82, 2.24) is 10.6 Å². The van der Waals surface area contributed by atoms with Gasteiger partial charge in [-0.2, -0.15) is 0 Å². The minimum absolute atomic E-state index is 0.0430. The molecule has 1 amide bonds. The van der Waals surface area contributed by atoms with Crippen molar-refractivity contribution in [2.24, 2.45) is 23.7 Å². The molecule has 4 heteroatoms. The second kappa shape index (κ2) is 5.80. The predicted octanol–water partition coefficient (Wildman–Crippen LogP) is 0.899. The topological polar surface area (TPSA) is 61.4 Å². The molecule has 0 aromatic rings. The van der Waals surface area contributed by atoms with Crippen molar-refractivity contribution in [2.45, 2.75) is 44.6 Å². The molecule has 0 radical (unpaired) electrons. The molecule has 0 aromatic carbocycles. The van der Waals surface area contributed by atoms with E-state index in [1.54, 1.807) is 0 Å². The molecule has 3 N–H and O–H groups in total. The number of aliphatic hydroxyl groups is 1. The number of hydrogen-bond donors (Lipinski definition) is 3. The summed E-state index contributed by atoms with van der Waals surface area (Å²) in [6.45, 7) is 2.04. The highest BCUT2D eigenvalue weighted by Gasteiger charge is 2.42. The summed E-state index contributed by atoms with van der Waals surface area (Å²) in [5.41, 5.74) is 0. The lowest BCUT2D eigenvalue weighted by Crippen LogP contribution is -2.45. The lowest BCUT2D eigenvalue weighted by molar-refractivity contribution is -0.124. The Balaban J connectivity index is 1.49. The van der Waals surface area contributed by atoms with E-state index in [2.05, 4.69) is 10.6 Å². The quantitative estimate of drug-likeness (QED) is 0.708. The van der Waals surface area contributed by atoms with E-state index in [9.17, 15) is 9.90 Å². The van der Waals surface area contributed by atoms with Crippen molar-refractivity contribution in [2.75, 3.05) is 19.7 Å². The van der Waals surface area contributed by atoms with Crippen LogP contribution in [0.2, 0.25) is 0 Å². The Morgan fingerprint density at radius 2 is 1.95 bits per heavy atom. The van der Waals surface area contributed by atoms with Crippen molar-refractivity contribution in [3.63, 3.8) is 0 Å². The summed E-state index contributed by atoms with van der Waals surface area (Å²) in [5.74, 6) is 2.37. The van der Waals surface area contributed by atoms with Crippen LogP contribution in [0.5, 0.6) is 0 Å². The Bertz CT molecular complexity index is 334. The average molecular weight is 266 g/mol. The molecule has 3 aliphatic rings. The summed E-state index contributed by atoms with van der Waals surface area (Å²) >= 11 is 0. The molecule has 3 fully saturated rings. The van der Waals surface area contributed by atoms with Gasteiger partial charge in [0.25, 0.3) is 0 Å². The molecule has 2 saturated carbocycles. The van der Waals surface area contributed by atoms with Gasteiger partial charge < -0.3 is 15.7 Å². The third kappa shape index (κ3) is 2.65. The number of carbonyl (C=O) groups is 1. The normalized spacial score (nSPS) is 41.4. The first-order valence-electron chi connectivity index (χ1n) is 7.91. The zero-order chi connectivity index (χ0) is 13.2. The van der Waals surface area contributed by atoms with Gasteiger partial charge in [0.1, 0.15) is 0 Å². The Morgan fingerprint density at radius 3 is 2.79 bits per heavy atom. The van der Waals surface area contributed by atoms with Crippen LogP contribution in [0.25, 0.3) is 0 Å². The van der Waals surface area contributed by atoms with E-state index in [-0.39, 0.29) is 18.6 Å². The standard InChI is InChI=1S/C15H26N2O2/c18-9-12-5-1-3-10(12)7-17-15(19)14-13-6-2-4-11(13)8-16-14/h10-14,16,18H,1-9H2,(H,17,19). The summed E-state index contributed by atoms with van der Waals surface area (Å²) in [7, 11) is 0. The van der Waals surface area contributed by atoms with Crippen LogP contribution < -0.4 is 10.6 Å². The zero-order valence-corrected chi connectivity index (χ0v) is 11.6. The molecule has 0 aromatic heterocycles. The van der Waals surface area contributed by atoms with Crippen LogP contribution in [0.15, 0.2) is 0 Å². The zero-order valence-electron chi connectivity index (χ0n) is 11.6. The SMILES string of the molecule is O=C(NCC1CCCC1CO)C1NCC2CCCC21. The number of aliphatic hydroxyl groups excluding tert-OH is 1. The first-order valence-corrected chi connectivity index (χ1v) is 7.91. The lowest BCUT2D eigenvalue weighted by atomic mass is 9.93. The van der Waals surface area contributed by atoms with Crippen LogP contribution in [0.3, 0.4) is 0 Å². The predicted molar refractivity (Wildman–Crippen MR) is 73.5 cm³/mol. The number of rotatable bonds is 4. The fourth-order valence-electron chi connectivity index (χ4n) is 4.44. The van der Waals surface area contributed by atoms with Crippen molar-refractivity contribution >= 4 is 5.91 Å². The molecule has 19 heavy (non-hydrogen) atoms. The van der Waals surface area contributed by atoms with Crippen LogP contribution in [-0.4, -0.2) is 36.8 Å². The first kappa shape index (κ1) is 13.4. The van der Waals surface area contributed by atoms with Gasteiger partial charge in [0.15, 0.2) is 0 Å². The first-order chi connectivity index (χ1) is 9.29. The van der Waals surface area contributed by atoms with Crippen molar-refractivity contribution in [3.05, 3.63) is 0 Å². The summed E-state index contributed by atoms with van der Waals surface area (Å²) in [4.78, 5) is 12.3. The molecule has 108 valence electrons. The number of hydrogen-bond acceptors (Lipinski definition) is 3. The molecule has 4 nitrogen and oxygen atoms in total. The highest BCUT2D eigenvalue weighted by molar-refractivity contribution is 5.82. The van der Waals surface area contributed by atoms with Gasteiger partial charge in [0.2, 0.25) is 5.91 Å². The molecule has 1 heterocycles. The minimum atomic E-state index is 0.0430. The van der Waals surface area contributed by atoms with Crippen molar-refractivity contribution < 1.29 is 9.90 Å². The molecule has 0 bridgehead atoms. The number of nitrogens with one attached hydrogen (secondary N) is 2. The molecule has 0 spiro atoms. The van der Waals surface area contributed by atoms with Gasteiger partial charge in [-0.25, -0.2) is 0 Å². The molecular formula is C15H26N2O2. The van der Waals surface area contributed by atoms with E-state index < -0.39 is 0 Å². The van der Waals surface area contributed by atoms with Crippen LogP contribution in [0.1, 0.15) is 38.5 Å². The maximum atomic E-state index is 12.3. The lowest BCUT2D eigenvalue weighted by Gasteiger charge is -2.21. The Kier molecular flexibility index (Phi) is 4.08. The van der Waals surface area contributed by atoms with Crippen LogP contribution in [-0.2, 0) is 4.79 Å². The average Bonchev–Trinajstić information content (AvgIpc) is 3.11. The molecular weight excluding hydrogens is 240 g/mol. The van der Waals surface area contributed by atoms with E-state index in [0.717, 1.165) is 31.8 Å². The second-order valence-corrected chi connectivity index (χ2v) is 6.62. The molecule has 3 rings (SSSR count). The van der Waals surface area contributed by atoms with E-state index in [1.165, 1.54) is 25.7 Å². The van der Waals surface area contributed by atoms with Crippen LogP contribution in [0.4, 0.5) is 0 Å². The summed E-state index contributed by atoms with van der Waals surface area (Å²) in [6.07, 6.45) is 7.24. The Morgan fingerprint density at radius 1 is 1.16 bits per heavy atom. The van der Waals surface area contributed by atoms with Crippen LogP contribution in [0, 0.1) is 23.7 Å². The van der Waals surface area contributed by atoms with Crippen molar-refractivity contribution in [3.8, 4) is 0 Å². The smallest absolute Gasteiger partial charge is 0.237 e. The third-order valence-electron chi connectivity index (χ3n) is 5.62.